The van der Waals surface area contributed by atoms with Gasteiger partial charge in [0.05, 0.1) is 15.6 Å². The number of halogens is 4. The summed E-state index contributed by atoms with van der Waals surface area (Å²) in [5, 5.41) is 1.90. The number of hydrogen-bond donors (Lipinski definition) is 0. The van der Waals surface area contributed by atoms with Crippen molar-refractivity contribution in [3.8, 4) is 0 Å². The number of aromatic nitrogens is 1. The summed E-state index contributed by atoms with van der Waals surface area (Å²) in [5.74, 6) is 0. The van der Waals surface area contributed by atoms with Gasteiger partial charge in [-0.05, 0) is 50.7 Å². The van der Waals surface area contributed by atoms with E-state index in [4.69, 9.17) is 23.2 Å². The second-order valence-electron chi connectivity index (χ2n) is 2.70. The normalized spacial score (nSPS) is 10.9. The maximum atomic E-state index is 6.07. The Morgan fingerprint density at radius 2 is 2.00 bits per heavy atom. The molecule has 0 atom stereocenters. The first-order chi connectivity index (χ1) is 6.59. The third-order valence-electron chi connectivity index (χ3n) is 1.78. The van der Waals surface area contributed by atoms with Gasteiger partial charge in [0.15, 0.2) is 0 Å². The summed E-state index contributed by atoms with van der Waals surface area (Å²) in [5.41, 5.74) is 0.833. The first kappa shape index (κ1) is 10.9. The van der Waals surface area contributed by atoms with E-state index in [-0.39, 0.29) is 0 Å². The lowest BCUT2D eigenvalue weighted by Crippen LogP contribution is -1.84. The van der Waals surface area contributed by atoms with Gasteiger partial charge in [0.2, 0.25) is 0 Å². The molecular weight excluding hydrogens is 400 g/mol. The van der Waals surface area contributed by atoms with Crippen molar-refractivity contribution in [3.63, 3.8) is 0 Å². The zero-order valence-corrected chi connectivity index (χ0v) is 11.9. The molecule has 1 aromatic heterocycles. The van der Waals surface area contributed by atoms with Gasteiger partial charge in [-0.25, -0.2) is 0 Å². The van der Waals surface area contributed by atoms with E-state index >= 15 is 0 Å². The minimum atomic E-state index is 0.480. The highest BCUT2D eigenvalue weighted by molar-refractivity contribution is 14.1. The van der Waals surface area contributed by atoms with Crippen LogP contribution in [-0.2, 0) is 0 Å². The van der Waals surface area contributed by atoms with Crippen LogP contribution in [0.25, 0.3) is 10.9 Å². The quantitative estimate of drug-likeness (QED) is 0.571. The van der Waals surface area contributed by atoms with Crippen molar-refractivity contribution in [2.24, 2.45) is 0 Å². The summed E-state index contributed by atoms with van der Waals surface area (Å²) in [6, 6.07) is 3.95. The van der Waals surface area contributed by atoms with Crippen LogP contribution < -0.4 is 0 Å². The summed E-state index contributed by atoms with van der Waals surface area (Å²) in [6.45, 7) is 0. The molecule has 14 heavy (non-hydrogen) atoms. The van der Waals surface area contributed by atoms with Crippen molar-refractivity contribution < 1.29 is 0 Å². The van der Waals surface area contributed by atoms with Gasteiger partial charge in [0.25, 0.3) is 0 Å². The van der Waals surface area contributed by atoms with Gasteiger partial charge in [-0.1, -0.05) is 23.2 Å². The Balaban J connectivity index is 2.95. The molecule has 0 saturated heterocycles. The van der Waals surface area contributed by atoms with Gasteiger partial charge in [-0.15, -0.1) is 0 Å². The van der Waals surface area contributed by atoms with Crippen LogP contribution in [0.15, 0.2) is 22.8 Å². The maximum Gasteiger partial charge on any atom is 0.0860 e. The maximum absolute atomic E-state index is 6.07. The Bertz CT molecular complexity index is 516. The molecule has 0 bridgehead atoms. The summed E-state index contributed by atoms with van der Waals surface area (Å²) in [4.78, 5) is 4.22. The number of fused-ring (bicyclic) bond motifs is 1. The lowest BCUT2D eigenvalue weighted by Gasteiger charge is -2.04. The van der Waals surface area contributed by atoms with Crippen molar-refractivity contribution in [2.45, 2.75) is 0 Å². The van der Waals surface area contributed by atoms with Crippen LogP contribution in [-0.4, -0.2) is 4.98 Å². The molecule has 0 radical (unpaired) electrons. The molecule has 1 aromatic carbocycles. The smallest absolute Gasteiger partial charge is 0.0860 e. The first-order valence-corrected chi connectivity index (χ1v) is 6.31. The van der Waals surface area contributed by atoms with E-state index in [1.54, 1.807) is 6.20 Å². The fraction of sp³-hybridized carbons (Fsp3) is 0. The summed E-state index contributed by atoms with van der Waals surface area (Å²) >= 11 is 17.6. The Labute approximate surface area is 113 Å². The second kappa shape index (κ2) is 4.12. The summed E-state index contributed by atoms with van der Waals surface area (Å²) in [7, 11) is 0. The van der Waals surface area contributed by atoms with Gasteiger partial charge in [-0.2, -0.15) is 0 Å². The van der Waals surface area contributed by atoms with E-state index < -0.39 is 0 Å². The van der Waals surface area contributed by atoms with Gasteiger partial charge >= 0.3 is 0 Å². The van der Waals surface area contributed by atoms with E-state index in [0.717, 1.165) is 18.9 Å². The number of rotatable bonds is 0. The van der Waals surface area contributed by atoms with Crippen molar-refractivity contribution in [3.05, 3.63) is 36.4 Å². The lowest BCUT2D eigenvalue weighted by molar-refractivity contribution is 1.40. The van der Waals surface area contributed by atoms with E-state index in [0.29, 0.717) is 10.0 Å². The van der Waals surface area contributed by atoms with E-state index in [1.165, 1.54) is 0 Å². The predicted octanol–water partition coefficient (Wildman–Crippen LogP) is 4.91. The molecule has 0 aliphatic heterocycles. The highest BCUT2D eigenvalue weighted by Gasteiger charge is 2.08. The first-order valence-electron chi connectivity index (χ1n) is 3.68. The van der Waals surface area contributed by atoms with Crippen LogP contribution in [0.4, 0.5) is 0 Å². The Hall–Kier alpha value is 0.420. The molecule has 0 amide bonds. The van der Waals surface area contributed by atoms with Gasteiger partial charge in [-0.3, -0.25) is 4.98 Å². The summed E-state index contributed by atoms with van der Waals surface area (Å²) in [6.07, 6.45) is 1.56. The predicted molar refractivity (Wildman–Crippen MR) is 72.2 cm³/mol. The number of pyridine rings is 1. The highest BCUT2D eigenvalue weighted by Crippen LogP contribution is 2.33. The van der Waals surface area contributed by atoms with Crippen LogP contribution >= 0.6 is 61.7 Å². The topological polar surface area (TPSA) is 12.9 Å². The molecule has 0 spiro atoms. The SMILES string of the molecule is Clc1cnc2c(Br)cc(I)cc2c1Cl. The van der Waals surface area contributed by atoms with Crippen LogP contribution in [0.3, 0.4) is 0 Å². The second-order valence-corrected chi connectivity index (χ2v) is 5.59. The largest absolute Gasteiger partial charge is 0.253 e. The molecule has 2 rings (SSSR count). The lowest BCUT2D eigenvalue weighted by atomic mass is 10.2. The van der Waals surface area contributed by atoms with Crippen LogP contribution in [0.2, 0.25) is 10.0 Å². The Morgan fingerprint density at radius 3 is 2.71 bits per heavy atom. The Morgan fingerprint density at radius 1 is 1.29 bits per heavy atom. The molecule has 5 heteroatoms. The standard InChI is InChI=1S/C9H3BrCl2IN/c10-6-2-4(13)1-5-8(12)7(11)3-14-9(5)6/h1-3H. The van der Waals surface area contributed by atoms with Crippen molar-refractivity contribution in [2.75, 3.05) is 0 Å². The van der Waals surface area contributed by atoms with Crippen LogP contribution in [0.5, 0.6) is 0 Å². The van der Waals surface area contributed by atoms with Crippen molar-refractivity contribution >= 4 is 72.6 Å². The monoisotopic (exact) mass is 401 g/mol. The minimum absolute atomic E-state index is 0.480. The van der Waals surface area contributed by atoms with Crippen molar-refractivity contribution in [1.82, 2.24) is 4.98 Å². The van der Waals surface area contributed by atoms with Crippen LogP contribution in [0.1, 0.15) is 0 Å². The number of benzene rings is 1. The third kappa shape index (κ3) is 1.87. The van der Waals surface area contributed by atoms with E-state index in [1.807, 2.05) is 12.1 Å². The molecule has 72 valence electrons. The molecule has 1 nitrogen and oxygen atoms in total. The average Bonchev–Trinajstić information content (AvgIpc) is 2.12. The number of hydrogen-bond acceptors (Lipinski definition) is 1. The van der Waals surface area contributed by atoms with Gasteiger partial charge in [0.1, 0.15) is 0 Å². The minimum Gasteiger partial charge on any atom is -0.253 e. The van der Waals surface area contributed by atoms with Crippen LogP contribution in [0, 0.1) is 3.57 Å². The molecule has 1 heterocycles. The van der Waals surface area contributed by atoms with E-state index in [9.17, 15) is 0 Å². The molecule has 0 N–H and O–H groups in total. The van der Waals surface area contributed by atoms with Gasteiger partial charge in [0, 0.05) is 19.6 Å². The van der Waals surface area contributed by atoms with Gasteiger partial charge < -0.3 is 0 Å². The van der Waals surface area contributed by atoms with Crippen molar-refractivity contribution in [1.29, 1.82) is 0 Å². The average molecular weight is 403 g/mol. The summed E-state index contributed by atoms with van der Waals surface area (Å²) < 4.78 is 2.02. The Kier molecular flexibility index (Phi) is 3.21. The third-order valence-corrected chi connectivity index (χ3v) is 3.80. The molecule has 2 aromatic rings. The highest BCUT2D eigenvalue weighted by atomic mass is 127. The fourth-order valence-corrected chi connectivity index (χ4v) is 3.13. The number of nitrogens with zero attached hydrogens (tertiary/aromatic N) is 1. The molecule has 0 unspecified atom stereocenters. The molecule has 0 saturated carbocycles. The molecular formula is C9H3BrCl2IN. The molecule has 0 fully saturated rings. The van der Waals surface area contributed by atoms with E-state index in [2.05, 4.69) is 43.5 Å². The zero-order valence-electron chi connectivity index (χ0n) is 6.69. The molecule has 0 aliphatic rings. The molecule has 0 aliphatic carbocycles. The zero-order chi connectivity index (χ0) is 10.3. The fourth-order valence-electron chi connectivity index (χ4n) is 1.17.